The molecular weight excluding hydrogens is 670 g/mol. The minimum Gasteiger partial charge on any atom is -0.477 e. The number of likely N-dealkylation sites (tertiary alicyclic amines) is 1. The second-order valence-electron chi connectivity index (χ2n) is 14.8. The first-order valence-corrected chi connectivity index (χ1v) is 18.9. The Labute approximate surface area is 305 Å². The van der Waals surface area contributed by atoms with Crippen LogP contribution in [0.25, 0.3) is 0 Å². The molecule has 1 aliphatic heterocycles. The van der Waals surface area contributed by atoms with Gasteiger partial charge in [0, 0.05) is 6.04 Å². The lowest BCUT2D eigenvalue weighted by Crippen LogP contribution is -2.60. The van der Waals surface area contributed by atoms with E-state index in [-0.39, 0.29) is 48.4 Å². The molecule has 3 aliphatic carbocycles. The molecule has 0 aromatic carbocycles. The third-order valence-corrected chi connectivity index (χ3v) is 10.4. The van der Waals surface area contributed by atoms with Gasteiger partial charge in [-0.2, -0.15) is 0 Å². The molecule has 4 aliphatic rings. The molecule has 5 amide bonds. The van der Waals surface area contributed by atoms with Gasteiger partial charge in [0.2, 0.25) is 23.5 Å². The summed E-state index contributed by atoms with van der Waals surface area (Å²) in [6.07, 6.45) is 15.2. The molecule has 3 fully saturated rings. The monoisotopic (exact) mass is 725 g/mol. The van der Waals surface area contributed by atoms with Crippen molar-refractivity contribution >= 4 is 41.5 Å². The molecule has 1 heterocycles. The topological polar surface area (TPSA) is 200 Å². The summed E-state index contributed by atoms with van der Waals surface area (Å²) >= 11 is 0. The van der Waals surface area contributed by atoms with Crippen LogP contribution in [0.2, 0.25) is 0 Å². The fourth-order valence-electron chi connectivity index (χ4n) is 7.82. The minimum absolute atomic E-state index is 0.0845. The molecule has 0 radical (unpaired) electrons. The number of carbonyl (C=O) groups excluding carboxylic acids is 6. The Morgan fingerprint density at radius 3 is 2.31 bits per heavy atom. The number of hydrogen-bond acceptors (Lipinski definition) is 8. The van der Waals surface area contributed by atoms with E-state index in [0.717, 1.165) is 57.8 Å². The minimum atomic E-state index is -1.34. The maximum Gasteiger partial charge on any atom is 0.407 e. The number of alkyl carbamates (subject to hydrolysis) is 1. The highest BCUT2D eigenvalue weighted by Gasteiger charge is 2.50. The summed E-state index contributed by atoms with van der Waals surface area (Å²) in [4.78, 5) is 93.9. The molecule has 14 nitrogen and oxygen atoms in total. The number of aliphatic carboxylic acids is 1. The highest BCUT2D eigenvalue weighted by Crippen LogP contribution is 2.41. The number of amides is 5. The lowest BCUT2D eigenvalue weighted by molar-refractivity contribution is -0.145. The predicted molar refractivity (Wildman–Crippen MR) is 191 cm³/mol. The van der Waals surface area contributed by atoms with Gasteiger partial charge in [0.15, 0.2) is 0 Å². The number of fused-ring (bicyclic) bond motifs is 1. The average molecular weight is 726 g/mol. The number of carboxylic acids is 1. The molecule has 286 valence electrons. The number of Topliss-reactive ketones (excluding diaryl/α,β-unsaturated/α-hetero) is 1. The van der Waals surface area contributed by atoms with E-state index in [0.29, 0.717) is 24.8 Å². The van der Waals surface area contributed by atoms with Gasteiger partial charge in [-0.25, -0.2) is 9.59 Å². The largest absolute Gasteiger partial charge is 0.477 e. The third kappa shape index (κ3) is 10.8. The summed E-state index contributed by atoms with van der Waals surface area (Å²) in [6.45, 7) is 5.19. The normalized spacial score (nSPS) is 23.5. The van der Waals surface area contributed by atoms with Crippen LogP contribution in [-0.4, -0.2) is 88.8 Å². The number of ketones is 1. The van der Waals surface area contributed by atoms with Gasteiger partial charge in [-0.1, -0.05) is 83.6 Å². The first-order valence-electron chi connectivity index (χ1n) is 18.9. The average Bonchev–Trinajstić information content (AvgIpc) is 3.54. The Bertz CT molecular complexity index is 1450. The van der Waals surface area contributed by atoms with Crippen LogP contribution in [0.4, 0.5) is 4.79 Å². The van der Waals surface area contributed by atoms with Crippen molar-refractivity contribution in [2.75, 3.05) is 13.2 Å². The molecule has 0 bridgehead atoms. The molecule has 1 saturated heterocycles. The molecule has 14 heteroatoms. The molecule has 2 saturated carbocycles. The van der Waals surface area contributed by atoms with E-state index in [2.05, 4.69) is 21.3 Å². The number of nitrogens with one attached hydrogen (secondary N) is 4. The van der Waals surface area contributed by atoms with E-state index in [1.165, 1.54) is 0 Å². The fourth-order valence-corrected chi connectivity index (χ4v) is 7.82. The number of ether oxygens (including phenoxy) is 1. The smallest absolute Gasteiger partial charge is 0.407 e. The summed E-state index contributed by atoms with van der Waals surface area (Å²) in [7, 11) is 0. The first-order chi connectivity index (χ1) is 24.9. The van der Waals surface area contributed by atoms with Gasteiger partial charge in [0.05, 0.1) is 19.2 Å². The summed E-state index contributed by atoms with van der Waals surface area (Å²) in [6, 6.07) is -3.16. The standard InChI is InChI=1S/C38H55N5O9/c1-4-13-27(33(45)35(47)39-21-30(44)41-32(37(49)50)25-16-9-6-10-17-25)40-34(46)29-20-26-18-11-12-19-28(26)43(29)36(48)31(24-14-7-5-8-15-24)42-38(51)52-22-23(2)3/h6,9-10,16,23-24,26-29,31H,4-5,7-8,11-15,17-22H2,1-3H3,(H,39,47)(H,40,46)(H,41,44)(H,42,51)(H,49,50)/t26-,27?,28-,29-,31-/m0/s1. The molecule has 0 spiro atoms. The molecule has 5 N–H and O–H groups in total. The van der Waals surface area contributed by atoms with Crippen molar-refractivity contribution in [2.45, 2.75) is 128 Å². The van der Waals surface area contributed by atoms with Crippen LogP contribution in [-0.2, 0) is 33.5 Å². The highest BCUT2D eigenvalue weighted by molar-refractivity contribution is 6.38. The number of carbonyl (C=O) groups is 7. The number of carboxylic acid groups (broad SMARTS) is 1. The fraction of sp³-hybridized carbons (Fsp3) is 0.658. The molecule has 0 aromatic heterocycles. The molecular formula is C38H55N5O9. The molecule has 0 aromatic rings. The Hall–Kier alpha value is -4.49. The summed E-state index contributed by atoms with van der Waals surface area (Å²) in [5.74, 6) is -5.00. The van der Waals surface area contributed by atoms with E-state index in [9.17, 15) is 38.7 Å². The van der Waals surface area contributed by atoms with Gasteiger partial charge in [-0.15, -0.1) is 0 Å². The summed E-state index contributed by atoms with van der Waals surface area (Å²) in [5, 5.41) is 19.7. The quantitative estimate of drug-likeness (QED) is 0.124. The summed E-state index contributed by atoms with van der Waals surface area (Å²) in [5.41, 5.74) is 0.0505. The molecule has 4 rings (SSSR count). The maximum absolute atomic E-state index is 14.6. The van der Waals surface area contributed by atoms with Crippen LogP contribution in [0.3, 0.4) is 0 Å². The number of nitrogens with zero attached hydrogens (tertiary/aromatic N) is 1. The zero-order valence-electron chi connectivity index (χ0n) is 30.6. The Balaban J connectivity index is 1.46. The van der Waals surface area contributed by atoms with Crippen LogP contribution in [0.5, 0.6) is 0 Å². The van der Waals surface area contributed by atoms with Crippen LogP contribution < -0.4 is 21.3 Å². The highest BCUT2D eigenvalue weighted by atomic mass is 16.5. The number of rotatable bonds is 15. The predicted octanol–water partition coefficient (Wildman–Crippen LogP) is 3.42. The van der Waals surface area contributed by atoms with Crippen molar-refractivity contribution in [3.05, 3.63) is 35.6 Å². The Morgan fingerprint density at radius 1 is 0.942 bits per heavy atom. The van der Waals surface area contributed by atoms with Crippen LogP contribution >= 0.6 is 0 Å². The second-order valence-corrected chi connectivity index (χ2v) is 14.8. The van der Waals surface area contributed by atoms with Gasteiger partial charge in [-0.3, -0.25) is 24.0 Å². The Kier molecular flexibility index (Phi) is 15.0. The van der Waals surface area contributed by atoms with Crippen molar-refractivity contribution in [1.29, 1.82) is 0 Å². The van der Waals surface area contributed by atoms with E-state index >= 15 is 0 Å². The maximum atomic E-state index is 14.6. The van der Waals surface area contributed by atoms with E-state index in [4.69, 9.17) is 4.74 Å². The van der Waals surface area contributed by atoms with Gasteiger partial charge in [0.25, 0.3) is 5.91 Å². The number of allylic oxidation sites excluding steroid dienone is 5. The van der Waals surface area contributed by atoms with Crippen molar-refractivity contribution < 1.29 is 43.4 Å². The lowest BCUT2D eigenvalue weighted by atomic mass is 9.82. The van der Waals surface area contributed by atoms with Gasteiger partial charge >= 0.3 is 12.1 Å². The molecule has 1 unspecified atom stereocenters. The number of hydrogen-bond donors (Lipinski definition) is 5. The zero-order valence-corrected chi connectivity index (χ0v) is 30.6. The van der Waals surface area contributed by atoms with E-state index in [1.807, 2.05) is 13.8 Å². The zero-order chi connectivity index (χ0) is 37.8. The van der Waals surface area contributed by atoms with E-state index in [1.54, 1.807) is 36.1 Å². The van der Waals surface area contributed by atoms with Crippen LogP contribution in [0.1, 0.15) is 104 Å². The van der Waals surface area contributed by atoms with Crippen molar-refractivity contribution in [3.8, 4) is 0 Å². The van der Waals surface area contributed by atoms with Gasteiger partial charge in [0.1, 0.15) is 17.8 Å². The van der Waals surface area contributed by atoms with E-state index < -0.39 is 60.2 Å². The molecule has 52 heavy (non-hydrogen) atoms. The van der Waals surface area contributed by atoms with Crippen LogP contribution in [0, 0.1) is 17.8 Å². The van der Waals surface area contributed by atoms with Gasteiger partial charge < -0.3 is 36.0 Å². The summed E-state index contributed by atoms with van der Waals surface area (Å²) < 4.78 is 5.40. The third-order valence-electron chi connectivity index (χ3n) is 10.4. The lowest BCUT2D eigenvalue weighted by Gasteiger charge is -2.39. The van der Waals surface area contributed by atoms with Gasteiger partial charge in [-0.05, 0) is 68.3 Å². The Morgan fingerprint density at radius 2 is 1.65 bits per heavy atom. The van der Waals surface area contributed by atoms with Crippen LogP contribution in [0.15, 0.2) is 35.6 Å². The SMILES string of the molecule is CCCC(NC(=O)[C@@H]1C[C@@H]2CCCC[C@@H]2N1C(=O)[C@@H](NC(=O)OCC(C)C)C1CCCCC1)C(=O)C(=O)NCC(=O)NC(C(=O)O)=C1C=CC=CC1. The van der Waals surface area contributed by atoms with Crippen molar-refractivity contribution in [2.24, 2.45) is 17.8 Å². The second kappa shape index (κ2) is 19.4. The van der Waals surface area contributed by atoms with Crippen molar-refractivity contribution in [3.63, 3.8) is 0 Å². The van der Waals surface area contributed by atoms with Crippen molar-refractivity contribution in [1.82, 2.24) is 26.2 Å². The molecule has 5 atom stereocenters. The first kappa shape index (κ1) is 40.3.